The van der Waals surface area contributed by atoms with E-state index in [-0.39, 0.29) is 12.1 Å². The number of rotatable bonds is 5. The van der Waals surface area contributed by atoms with Crippen molar-refractivity contribution in [1.29, 1.82) is 0 Å². The van der Waals surface area contributed by atoms with Crippen LogP contribution in [0.15, 0.2) is 12.3 Å². The van der Waals surface area contributed by atoms with Crippen LogP contribution < -0.4 is 5.32 Å². The molecule has 2 heterocycles. The third-order valence-electron chi connectivity index (χ3n) is 3.52. The van der Waals surface area contributed by atoms with Gasteiger partial charge in [-0.1, -0.05) is 25.4 Å². The molecule has 1 fully saturated rings. The van der Waals surface area contributed by atoms with E-state index in [2.05, 4.69) is 24.1 Å². The van der Waals surface area contributed by atoms with E-state index in [9.17, 15) is 5.11 Å². The fraction of sp³-hybridized carbons (Fsp3) is 0.643. The number of anilines is 1. The van der Waals surface area contributed by atoms with Gasteiger partial charge in [0.05, 0.1) is 18.8 Å². The second kappa shape index (κ2) is 6.72. The summed E-state index contributed by atoms with van der Waals surface area (Å²) in [5.41, 5.74) is 1.31. The quantitative estimate of drug-likeness (QED) is 0.646. The SMILES string of the molecule is COC(O)c1cnc(Cl)cc1NC1COC(C(C)C)C1. The molecule has 2 N–H and O–H groups in total. The number of nitrogens with one attached hydrogen (secondary N) is 1. The molecule has 1 saturated heterocycles. The number of ether oxygens (including phenoxy) is 2. The van der Waals surface area contributed by atoms with Crippen LogP contribution in [-0.2, 0) is 9.47 Å². The molecule has 1 aliphatic heterocycles. The summed E-state index contributed by atoms with van der Waals surface area (Å²) in [4.78, 5) is 3.98. The summed E-state index contributed by atoms with van der Waals surface area (Å²) < 4.78 is 10.7. The number of nitrogens with zero attached hydrogens (tertiary/aromatic N) is 1. The first-order chi connectivity index (χ1) is 9.51. The maximum Gasteiger partial charge on any atom is 0.184 e. The molecule has 0 amide bonds. The Morgan fingerprint density at radius 3 is 2.90 bits per heavy atom. The van der Waals surface area contributed by atoms with E-state index < -0.39 is 6.29 Å². The van der Waals surface area contributed by atoms with E-state index in [1.54, 1.807) is 6.07 Å². The Hall–Kier alpha value is -0.880. The summed E-state index contributed by atoms with van der Waals surface area (Å²) in [6.07, 6.45) is 1.69. The molecular weight excluding hydrogens is 280 g/mol. The van der Waals surface area contributed by atoms with E-state index >= 15 is 0 Å². The minimum absolute atomic E-state index is 0.198. The molecule has 20 heavy (non-hydrogen) atoms. The van der Waals surface area contributed by atoms with Gasteiger partial charge in [0.25, 0.3) is 0 Å². The summed E-state index contributed by atoms with van der Waals surface area (Å²) in [6.45, 7) is 4.94. The normalized spacial score (nSPS) is 24.1. The standard InChI is InChI=1S/C14H21ClN2O3/c1-8(2)12-4-9(7-20-12)17-11-5-13(15)16-6-10(11)14(18)19-3/h5-6,8-9,12,14,18H,4,7H2,1-3H3,(H,16,17). The average Bonchev–Trinajstić information content (AvgIpc) is 2.87. The van der Waals surface area contributed by atoms with Crippen LogP contribution in [0, 0.1) is 5.92 Å². The Labute approximate surface area is 124 Å². The maximum absolute atomic E-state index is 9.84. The Morgan fingerprint density at radius 1 is 1.55 bits per heavy atom. The van der Waals surface area contributed by atoms with Crippen molar-refractivity contribution in [2.75, 3.05) is 19.0 Å². The van der Waals surface area contributed by atoms with E-state index in [4.69, 9.17) is 21.1 Å². The molecule has 1 aromatic rings. The van der Waals surface area contributed by atoms with Crippen LogP contribution in [0.2, 0.25) is 5.15 Å². The molecule has 112 valence electrons. The summed E-state index contributed by atoms with van der Waals surface area (Å²) in [7, 11) is 1.44. The first-order valence-electron chi connectivity index (χ1n) is 6.75. The fourth-order valence-corrected chi connectivity index (χ4v) is 2.49. The molecule has 0 saturated carbocycles. The van der Waals surface area contributed by atoms with Crippen molar-refractivity contribution in [2.45, 2.75) is 38.7 Å². The van der Waals surface area contributed by atoms with Gasteiger partial charge in [-0.15, -0.1) is 0 Å². The minimum Gasteiger partial charge on any atom is -0.379 e. The molecule has 0 aromatic carbocycles. The predicted molar refractivity (Wildman–Crippen MR) is 77.8 cm³/mol. The zero-order valence-electron chi connectivity index (χ0n) is 12.0. The molecule has 0 radical (unpaired) electrons. The van der Waals surface area contributed by atoms with Gasteiger partial charge in [-0.05, 0) is 18.4 Å². The number of aliphatic hydroxyl groups is 1. The number of pyridine rings is 1. The third kappa shape index (κ3) is 3.61. The zero-order valence-corrected chi connectivity index (χ0v) is 12.7. The van der Waals surface area contributed by atoms with E-state index in [0.29, 0.717) is 23.2 Å². The van der Waals surface area contributed by atoms with Crippen LogP contribution in [0.4, 0.5) is 5.69 Å². The van der Waals surface area contributed by atoms with Gasteiger partial charge in [0.2, 0.25) is 0 Å². The topological polar surface area (TPSA) is 63.6 Å². The molecule has 3 unspecified atom stereocenters. The van der Waals surface area contributed by atoms with Crippen molar-refractivity contribution >= 4 is 17.3 Å². The van der Waals surface area contributed by atoms with Gasteiger partial charge in [0.1, 0.15) is 5.15 Å². The van der Waals surface area contributed by atoms with Crippen molar-refractivity contribution in [3.8, 4) is 0 Å². The van der Waals surface area contributed by atoms with Crippen LogP contribution in [-0.4, -0.2) is 36.0 Å². The highest BCUT2D eigenvalue weighted by molar-refractivity contribution is 6.29. The Morgan fingerprint density at radius 2 is 2.30 bits per heavy atom. The molecular formula is C14H21ClN2O3. The van der Waals surface area contributed by atoms with Gasteiger partial charge in [-0.3, -0.25) is 0 Å². The lowest BCUT2D eigenvalue weighted by atomic mass is 10.0. The number of hydrogen-bond donors (Lipinski definition) is 2. The highest BCUT2D eigenvalue weighted by Gasteiger charge is 2.28. The molecule has 1 aliphatic rings. The first-order valence-corrected chi connectivity index (χ1v) is 7.13. The van der Waals surface area contributed by atoms with Crippen molar-refractivity contribution < 1.29 is 14.6 Å². The molecule has 0 aliphatic carbocycles. The second-order valence-electron chi connectivity index (χ2n) is 5.38. The summed E-state index contributed by atoms with van der Waals surface area (Å²) in [6, 6.07) is 1.89. The van der Waals surface area contributed by atoms with Crippen LogP contribution in [0.3, 0.4) is 0 Å². The van der Waals surface area contributed by atoms with Gasteiger partial charge in [0.15, 0.2) is 6.29 Å². The van der Waals surface area contributed by atoms with E-state index in [0.717, 1.165) is 12.1 Å². The molecule has 0 bridgehead atoms. The van der Waals surface area contributed by atoms with Gasteiger partial charge in [0, 0.05) is 24.6 Å². The molecule has 6 heteroatoms. The number of methoxy groups -OCH3 is 1. The molecule has 2 rings (SSSR count). The van der Waals surface area contributed by atoms with Gasteiger partial charge in [-0.2, -0.15) is 0 Å². The van der Waals surface area contributed by atoms with Crippen molar-refractivity contribution in [2.24, 2.45) is 5.92 Å². The van der Waals surface area contributed by atoms with Crippen LogP contribution >= 0.6 is 11.6 Å². The number of aliphatic hydroxyl groups excluding tert-OH is 1. The Kier molecular flexibility index (Phi) is 5.21. The maximum atomic E-state index is 9.84. The lowest BCUT2D eigenvalue weighted by molar-refractivity contribution is -0.0766. The molecule has 3 atom stereocenters. The molecule has 1 aromatic heterocycles. The number of aromatic nitrogens is 1. The van der Waals surface area contributed by atoms with Crippen LogP contribution in [0.1, 0.15) is 32.1 Å². The van der Waals surface area contributed by atoms with E-state index in [1.165, 1.54) is 13.3 Å². The van der Waals surface area contributed by atoms with E-state index in [1.807, 2.05) is 0 Å². The predicted octanol–water partition coefficient (Wildman–Crippen LogP) is 2.60. The van der Waals surface area contributed by atoms with Crippen LogP contribution in [0.25, 0.3) is 0 Å². The van der Waals surface area contributed by atoms with Crippen LogP contribution in [0.5, 0.6) is 0 Å². The molecule has 5 nitrogen and oxygen atoms in total. The number of hydrogen-bond acceptors (Lipinski definition) is 5. The first kappa shape index (κ1) is 15.5. The van der Waals surface area contributed by atoms with Gasteiger partial charge >= 0.3 is 0 Å². The van der Waals surface area contributed by atoms with Gasteiger partial charge in [-0.25, -0.2) is 4.98 Å². The second-order valence-corrected chi connectivity index (χ2v) is 5.76. The Bertz CT molecular complexity index is 456. The minimum atomic E-state index is -1.02. The zero-order chi connectivity index (χ0) is 14.7. The largest absolute Gasteiger partial charge is 0.379 e. The number of halogens is 1. The third-order valence-corrected chi connectivity index (χ3v) is 3.73. The summed E-state index contributed by atoms with van der Waals surface area (Å²) in [5.74, 6) is 0.492. The molecule has 0 spiro atoms. The smallest absolute Gasteiger partial charge is 0.184 e. The lowest BCUT2D eigenvalue weighted by Crippen LogP contribution is -2.22. The monoisotopic (exact) mass is 300 g/mol. The summed E-state index contributed by atoms with van der Waals surface area (Å²) in [5, 5.41) is 13.6. The van der Waals surface area contributed by atoms with Crippen molar-refractivity contribution in [1.82, 2.24) is 4.98 Å². The summed E-state index contributed by atoms with van der Waals surface area (Å²) >= 11 is 5.92. The Balaban J connectivity index is 2.11. The fourth-order valence-electron chi connectivity index (χ4n) is 2.33. The van der Waals surface area contributed by atoms with Crippen molar-refractivity contribution in [3.63, 3.8) is 0 Å². The highest BCUT2D eigenvalue weighted by atomic mass is 35.5. The highest BCUT2D eigenvalue weighted by Crippen LogP contribution is 2.29. The lowest BCUT2D eigenvalue weighted by Gasteiger charge is -2.19. The van der Waals surface area contributed by atoms with Crippen molar-refractivity contribution in [3.05, 3.63) is 23.0 Å². The average molecular weight is 301 g/mol. The van der Waals surface area contributed by atoms with Gasteiger partial charge < -0.3 is 19.9 Å².